The van der Waals surface area contributed by atoms with Gasteiger partial charge >= 0.3 is 0 Å². The second-order valence-corrected chi connectivity index (χ2v) is 9.28. The molecule has 0 aliphatic heterocycles. The van der Waals surface area contributed by atoms with Crippen LogP contribution in [-0.4, -0.2) is 25.1 Å². The highest BCUT2D eigenvalue weighted by molar-refractivity contribution is 7.10. The van der Waals surface area contributed by atoms with Crippen LogP contribution in [-0.2, 0) is 13.1 Å². The molecule has 0 radical (unpaired) electrons. The second-order valence-electron chi connectivity index (χ2n) is 8.30. The van der Waals surface area contributed by atoms with Gasteiger partial charge in [-0.1, -0.05) is 37.5 Å². The average molecular weight is 452 g/mol. The summed E-state index contributed by atoms with van der Waals surface area (Å²) in [5.41, 5.74) is 1.02. The first kappa shape index (κ1) is 21.0. The third-order valence-electron chi connectivity index (χ3n) is 6.10. The zero-order valence-corrected chi connectivity index (χ0v) is 18.6. The summed E-state index contributed by atoms with van der Waals surface area (Å²) in [6, 6.07) is 14.9. The van der Waals surface area contributed by atoms with Gasteiger partial charge in [0.1, 0.15) is 17.6 Å². The van der Waals surface area contributed by atoms with Crippen LogP contribution >= 0.6 is 11.3 Å². The normalized spacial score (nSPS) is 15.9. The number of tetrazole rings is 1. The van der Waals surface area contributed by atoms with Gasteiger partial charge in [0.2, 0.25) is 0 Å². The van der Waals surface area contributed by atoms with Gasteiger partial charge in [0.05, 0.1) is 18.8 Å². The Kier molecular flexibility index (Phi) is 6.41. The van der Waals surface area contributed by atoms with E-state index < -0.39 is 0 Å². The van der Waals surface area contributed by atoms with E-state index >= 15 is 0 Å². The fourth-order valence-electron chi connectivity index (χ4n) is 4.55. The van der Waals surface area contributed by atoms with Crippen molar-refractivity contribution in [3.63, 3.8) is 0 Å². The maximum absolute atomic E-state index is 13.5. The lowest BCUT2D eigenvalue weighted by atomic mass is 9.95. The topological polar surface area (TPSA) is 60.0 Å². The van der Waals surface area contributed by atoms with Crippen molar-refractivity contribution < 1.29 is 8.81 Å². The Balaban J connectivity index is 1.54. The highest BCUT2D eigenvalue weighted by Gasteiger charge is 2.32. The molecule has 0 N–H and O–H groups in total. The lowest BCUT2D eigenvalue weighted by molar-refractivity contribution is 0.176. The van der Waals surface area contributed by atoms with Gasteiger partial charge in [-0.05, 0) is 64.5 Å². The number of hydrogen-bond donors (Lipinski definition) is 0. The van der Waals surface area contributed by atoms with Crippen LogP contribution in [0.4, 0.5) is 4.39 Å². The lowest BCUT2D eigenvalue weighted by Crippen LogP contribution is -2.32. The molecule has 6 nitrogen and oxygen atoms in total. The van der Waals surface area contributed by atoms with Gasteiger partial charge in [-0.15, -0.1) is 16.4 Å². The summed E-state index contributed by atoms with van der Waals surface area (Å²) < 4.78 is 21.3. The predicted octanol–water partition coefficient (Wildman–Crippen LogP) is 5.76. The molecular weight excluding hydrogens is 425 g/mol. The SMILES string of the molecule is Fc1ccc(CN(Cc2ccco2)C(c2cccs2)c2nnnn2C2CCCCC2)cc1. The molecule has 1 atom stereocenters. The van der Waals surface area contributed by atoms with Crippen LogP contribution in [0.2, 0.25) is 0 Å². The first-order chi connectivity index (χ1) is 15.8. The minimum Gasteiger partial charge on any atom is -0.468 e. The van der Waals surface area contributed by atoms with Crippen molar-refractivity contribution in [2.24, 2.45) is 0 Å². The van der Waals surface area contributed by atoms with E-state index in [4.69, 9.17) is 4.42 Å². The first-order valence-corrected chi connectivity index (χ1v) is 12.0. The van der Waals surface area contributed by atoms with Crippen LogP contribution in [0.1, 0.15) is 66.2 Å². The van der Waals surface area contributed by atoms with Crippen molar-refractivity contribution in [1.82, 2.24) is 25.1 Å². The Hall–Kier alpha value is -2.84. The zero-order chi connectivity index (χ0) is 21.8. The van der Waals surface area contributed by atoms with E-state index in [0.29, 0.717) is 19.1 Å². The van der Waals surface area contributed by atoms with Crippen LogP contribution in [0.15, 0.2) is 64.6 Å². The minimum absolute atomic E-state index is 0.137. The average Bonchev–Trinajstić information content (AvgIpc) is 3.60. The number of hydrogen-bond acceptors (Lipinski definition) is 6. The quantitative estimate of drug-likeness (QED) is 0.341. The smallest absolute Gasteiger partial charge is 0.174 e. The summed E-state index contributed by atoms with van der Waals surface area (Å²) in [6.07, 6.45) is 7.59. The summed E-state index contributed by atoms with van der Waals surface area (Å²) in [7, 11) is 0. The third-order valence-corrected chi connectivity index (χ3v) is 7.02. The Bertz CT molecular complexity index is 1090. The van der Waals surface area contributed by atoms with Gasteiger partial charge in [-0.2, -0.15) is 0 Å². The van der Waals surface area contributed by atoms with Crippen molar-refractivity contribution in [1.29, 1.82) is 0 Å². The van der Waals surface area contributed by atoms with Crippen molar-refractivity contribution in [2.75, 3.05) is 0 Å². The van der Waals surface area contributed by atoms with Gasteiger partial charge in [0, 0.05) is 11.4 Å². The van der Waals surface area contributed by atoms with Crippen LogP contribution < -0.4 is 0 Å². The third kappa shape index (κ3) is 4.66. The summed E-state index contributed by atoms with van der Waals surface area (Å²) in [6.45, 7) is 1.20. The Labute approximate surface area is 190 Å². The molecule has 1 aromatic carbocycles. The molecule has 3 aromatic heterocycles. The summed E-state index contributed by atoms with van der Waals surface area (Å²) in [5.74, 6) is 1.49. The summed E-state index contributed by atoms with van der Waals surface area (Å²) >= 11 is 1.70. The van der Waals surface area contributed by atoms with Gasteiger partial charge in [-0.3, -0.25) is 4.90 Å². The van der Waals surface area contributed by atoms with Crippen LogP contribution in [0.25, 0.3) is 0 Å². The number of nitrogens with zero attached hydrogens (tertiary/aromatic N) is 5. The number of rotatable bonds is 8. The van der Waals surface area contributed by atoms with E-state index in [0.717, 1.165) is 30.0 Å². The molecule has 0 spiro atoms. The van der Waals surface area contributed by atoms with E-state index in [9.17, 15) is 4.39 Å². The number of aromatic nitrogens is 4. The van der Waals surface area contributed by atoms with E-state index in [2.05, 4.69) is 37.9 Å². The van der Waals surface area contributed by atoms with Crippen LogP contribution in [0.3, 0.4) is 0 Å². The molecule has 3 heterocycles. The maximum Gasteiger partial charge on any atom is 0.174 e. The van der Waals surface area contributed by atoms with E-state index in [-0.39, 0.29) is 11.9 Å². The molecule has 1 unspecified atom stereocenters. The molecular formula is C24H26FN5OS. The Morgan fingerprint density at radius 2 is 1.91 bits per heavy atom. The van der Waals surface area contributed by atoms with Crippen LogP contribution in [0, 0.1) is 5.82 Å². The highest BCUT2D eigenvalue weighted by Crippen LogP contribution is 2.36. The molecule has 5 rings (SSSR count). The van der Waals surface area contributed by atoms with Crippen molar-refractivity contribution in [3.05, 3.63) is 88.0 Å². The molecule has 1 fully saturated rings. The first-order valence-electron chi connectivity index (χ1n) is 11.1. The molecule has 32 heavy (non-hydrogen) atoms. The van der Waals surface area contributed by atoms with Crippen molar-refractivity contribution >= 4 is 11.3 Å². The molecule has 0 bridgehead atoms. The van der Waals surface area contributed by atoms with Crippen molar-refractivity contribution in [3.8, 4) is 0 Å². The number of thiophene rings is 1. The zero-order valence-electron chi connectivity index (χ0n) is 17.8. The molecule has 4 aromatic rings. The van der Waals surface area contributed by atoms with E-state index in [1.807, 2.05) is 28.9 Å². The fraction of sp³-hybridized carbons (Fsp3) is 0.375. The molecule has 0 saturated heterocycles. The Morgan fingerprint density at radius 1 is 1.06 bits per heavy atom. The largest absolute Gasteiger partial charge is 0.468 e. The molecule has 1 saturated carbocycles. The second kappa shape index (κ2) is 9.75. The summed E-state index contributed by atoms with van der Waals surface area (Å²) in [5, 5.41) is 15.1. The minimum atomic E-state index is -0.234. The van der Waals surface area contributed by atoms with E-state index in [1.54, 1.807) is 17.6 Å². The molecule has 1 aliphatic rings. The number of benzene rings is 1. The molecule has 8 heteroatoms. The summed E-state index contributed by atoms with van der Waals surface area (Å²) in [4.78, 5) is 3.48. The van der Waals surface area contributed by atoms with E-state index in [1.165, 1.54) is 36.3 Å². The van der Waals surface area contributed by atoms with Gasteiger partial charge in [-0.25, -0.2) is 9.07 Å². The van der Waals surface area contributed by atoms with Gasteiger partial charge in [0.15, 0.2) is 5.82 Å². The Morgan fingerprint density at radius 3 is 2.62 bits per heavy atom. The molecule has 1 aliphatic carbocycles. The fourth-order valence-corrected chi connectivity index (χ4v) is 5.40. The maximum atomic E-state index is 13.5. The number of furan rings is 1. The lowest BCUT2D eigenvalue weighted by Gasteiger charge is -2.31. The highest BCUT2D eigenvalue weighted by atomic mass is 32.1. The standard InChI is InChI=1S/C24H26FN5OS/c25-19-12-10-18(11-13-19)16-29(17-21-8-4-14-31-21)23(22-9-5-15-32-22)24-26-27-28-30(24)20-6-2-1-3-7-20/h4-5,8-15,20,23H,1-3,6-7,16-17H2. The molecule has 166 valence electrons. The number of halogens is 1. The molecule has 0 amide bonds. The van der Waals surface area contributed by atoms with Gasteiger partial charge in [0.25, 0.3) is 0 Å². The van der Waals surface area contributed by atoms with Crippen molar-refractivity contribution in [2.45, 2.75) is 57.3 Å². The predicted molar refractivity (Wildman–Crippen MR) is 120 cm³/mol. The van der Waals surface area contributed by atoms with Crippen LogP contribution in [0.5, 0.6) is 0 Å². The van der Waals surface area contributed by atoms with Gasteiger partial charge < -0.3 is 4.42 Å². The monoisotopic (exact) mass is 451 g/mol.